The molecule has 2 aliphatic carbocycles. The van der Waals surface area contributed by atoms with Gasteiger partial charge in [0, 0.05) is 33.9 Å². The third-order valence-corrected chi connectivity index (χ3v) is 12.9. The second-order valence-corrected chi connectivity index (χ2v) is 15.4. The lowest BCUT2D eigenvalue weighted by atomic mass is 9.33. The van der Waals surface area contributed by atoms with Crippen molar-refractivity contribution < 1.29 is 0 Å². The number of fused-ring (bicyclic) bond motifs is 13. The number of anilines is 2. The normalized spacial score (nSPS) is 18.3. The Morgan fingerprint density at radius 2 is 1.40 bits per heavy atom. The molecule has 2 unspecified atom stereocenters. The molecule has 3 aliphatic heterocycles. The predicted molar refractivity (Wildman–Crippen MR) is 224 cm³/mol. The van der Waals surface area contributed by atoms with Gasteiger partial charge in [0.05, 0.1) is 17.3 Å². The van der Waals surface area contributed by atoms with Crippen LogP contribution in [0.1, 0.15) is 41.1 Å². The second-order valence-electron chi connectivity index (χ2n) is 15.4. The Morgan fingerprint density at radius 1 is 0.623 bits per heavy atom. The molecular formula is C50H33BN2. The van der Waals surface area contributed by atoms with Crippen LogP contribution in [0.5, 0.6) is 0 Å². The summed E-state index contributed by atoms with van der Waals surface area (Å²) in [7, 11) is 0. The number of hydrogen-bond acceptors (Lipinski definition) is 1. The molecule has 5 aliphatic rings. The van der Waals surface area contributed by atoms with E-state index in [0.29, 0.717) is 0 Å². The van der Waals surface area contributed by atoms with Crippen molar-refractivity contribution in [1.29, 1.82) is 0 Å². The molecule has 3 heteroatoms. The van der Waals surface area contributed by atoms with Crippen molar-refractivity contribution in [3.05, 3.63) is 180 Å². The molecule has 246 valence electrons. The van der Waals surface area contributed by atoms with Gasteiger partial charge in [0.1, 0.15) is 0 Å². The van der Waals surface area contributed by atoms with E-state index in [0.717, 1.165) is 12.8 Å². The maximum Gasteiger partial charge on any atom is 0.252 e. The number of allylic oxidation sites excluding steroid dienone is 4. The monoisotopic (exact) mass is 672 g/mol. The molecule has 0 amide bonds. The van der Waals surface area contributed by atoms with Gasteiger partial charge in [0.25, 0.3) is 6.71 Å². The average molecular weight is 673 g/mol. The van der Waals surface area contributed by atoms with Crippen LogP contribution in [-0.4, -0.2) is 17.3 Å². The van der Waals surface area contributed by atoms with Gasteiger partial charge in [-0.25, -0.2) is 0 Å². The van der Waals surface area contributed by atoms with Crippen molar-refractivity contribution in [3.8, 4) is 16.8 Å². The number of benzene rings is 7. The molecule has 53 heavy (non-hydrogen) atoms. The van der Waals surface area contributed by atoms with E-state index in [2.05, 4.69) is 173 Å². The van der Waals surface area contributed by atoms with E-state index in [9.17, 15) is 0 Å². The largest absolute Gasteiger partial charge is 0.334 e. The van der Waals surface area contributed by atoms with Crippen LogP contribution in [0, 0.1) is 0 Å². The first-order valence-corrected chi connectivity index (χ1v) is 19.1. The quantitative estimate of drug-likeness (QED) is 0.166. The number of aromatic nitrogens is 1. The van der Waals surface area contributed by atoms with Crippen LogP contribution in [0.3, 0.4) is 0 Å². The van der Waals surface area contributed by atoms with E-state index in [1.54, 1.807) is 0 Å². The van der Waals surface area contributed by atoms with Gasteiger partial charge in [-0.15, -0.1) is 0 Å². The zero-order valence-electron chi connectivity index (χ0n) is 29.1. The highest BCUT2D eigenvalue weighted by atomic mass is 15.2. The molecule has 0 N–H and O–H groups in total. The van der Waals surface area contributed by atoms with Gasteiger partial charge in [0.15, 0.2) is 0 Å². The highest BCUT2D eigenvalue weighted by Crippen LogP contribution is 2.55. The van der Waals surface area contributed by atoms with Gasteiger partial charge in [-0.1, -0.05) is 146 Å². The molecule has 0 bridgehead atoms. The van der Waals surface area contributed by atoms with Gasteiger partial charge in [-0.3, -0.25) is 0 Å². The Kier molecular flexibility index (Phi) is 5.43. The maximum atomic E-state index is 2.73. The van der Waals surface area contributed by atoms with Gasteiger partial charge < -0.3 is 9.47 Å². The Labute approximate surface area is 308 Å². The van der Waals surface area contributed by atoms with Gasteiger partial charge in [-0.2, -0.15) is 0 Å². The summed E-state index contributed by atoms with van der Waals surface area (Å²) in [5.41, 5.74) is 19.2. The topological polar surface area (TPSA) is 8.17 Å². The van der Waals surface area contributed by atoms with Crippen molar-refractivity contribution in [2.75, 3.05) is 4.90 Å². The summed E-state index contributed by atoms with van der Waals surface area (Å²) in [5, 5.41) is 6.69. The lowest BCUT2D eigenvalue weighted by molar-refractivity contribution is 0.728. The lowest BCUT2D eigenvalue weighted by Crippen LogP contribution is -2.61. The molecule has 4 heterocycles. The smallest absolute Gasteiger partial charge is 0.252 e. The van der Waals surface area contributed by atoms with Crippen molar-refractivity contribution in [1.82, 2.24) is 4.57 Å². The summed E-state index contributed by atoms with van der Waals surface area (Å²) in [6.45, 7) is 0.0820. The van der Waals surface area contributed by atoms with Crippen molar-refractivity contribution in [2.45, 2.75) is 24.8 Å². The highest BCUT2D eigenvalue weighted by Gasteiger charge is 2.51. The van der Waals surface area contributed by atoms with Crippen molar-refractivity contribution in [3.63, 3.8) is 0 Å². The fourth-order valence-electron chi connectivity index (χ4n) is 11.0. The van der Waals surface area contributed by atoms with Crippen LogP contribution in [0.25, 0.3) is 60.9 Å². The van der Waals surface area contributed by atoms with Crippen LogP contribution in [0.2, 0.25) is 0 Å². The third-order valence-electron chi connectivity index (χ3n) is 12.9. The summed E-state index contributed by atoms with van der Waals surface area (Å²) in [6, 6.07) is 50.9. The zero-order chi connectivity index (χ0) is 34.4. The first-order chi connectivity index (χ1) is 26.3. The predicted octanol–water partition coefficient (Wildman–Crippen LogP) is 10.2. The molecule has 13 rings (SSSR count). The molecule has 7 aromatic carbocycles. The maximum absolute atomic E-state index is 2.73. The first-order valence-electron chi connectivity index (χ1n) is 19.1. The van der Waals surface area contributed by atoms with E-state index in [1.807, 2.05) is 0 Å². The fourth-order valence-corrected chi connectivity index (χ4v) is 11.0. The summed E-state index contributed by atoms with van der Waals surface area (Å²) < 4.78 is 2.67. The Morgan fingerprint density at radius 3 is 2.26 bits per heavy atom. The highest BCUT2D eigenvalue weighted by molar-refractivity contribution is 7.01. The summed E-state index contributed by atoms with van der Waals surface area (Å²) >= 11 is 0. The molecule has 2 nitrogen and oxygen atoms in total. The molecule has 0 fully saturated rings. The summed E-state index contributed by atoms with van der Waals surface area (Å²) in [5.74, 6) is 0.247. The summed E-state index contributed by atoms with van der Waals surface area (Å²) in [4.78, 5) is 2.73. The first kappa shape index (κ1) is 28.3. The SMILES string of the molecule is C1=CC(c2c(-c3ccccc3)c3cc4ccccc4c4c3n2-c2cccc3c2B4c2cc4ccccc4c4c2N3C2C=Cc3ccccc3C42)=CCC1. The molecular weight excluding hydrogens is 639 g/mol. The van der Waals surface area contributed by atoms with E-state index < -0.39 is 0 Å². The Bertz CT molecular complexity index is 3030. The van der Waals surface area contributed by atoms with Gasteiger partial charge in [-0.05, 0) is 96.8 Å². The molecule has 0 spiro atoms. The molecule has 2 atom stereocenters. The fraction of sp³-hybridized carbons (Fsp3) is 0.0800. The van der Waals surface area contributed by atoms with Crippen molar-refractivity contribution >= 4 is 78.6 Å². The minimum Gasteiger partial charge on any atom is -0.334 e. The van der Waals surface area contributed by atoms with E-state index in [1.165, 1.54) is 105 Å². The van der Waals surface area contributed by atoms with E-state index >= 15 is 0 Å². The Hall–Kier alpha value is -6.32. The van der Waals surface area contributed by atoms with Crippen LogP contribution < -0.4 is 21.3 Å². The number of rotatable bonds is 2. The zero-order valence-corrected chi connectivity index (χ0v) is 29.1. The molecule has 0 radical (unpaired) electrons. The van der Waals surface area contributed by atoms with Gasteiger partial charge in [0.2, 0.25) is 0 Å². The van der Waals surface area contributed by atoms with Crippen LogP contribution in [-0.2, 0) is 0 Å². The van der Waals surface area contributed by atoms with E-state index in [-0.39, 0.29) is 18.7 Å². The molecule has 0 saturated heterocycles. The molecule has 8 aromatic rings. The van der Waals surface area contributed by atoms with E-state index in [4.69, 9.17) is 0 Å². The average Bonchev–Trinajstić information content (AvgIpc) is 3.76. The number of hydrogen-bond donors (Lipinski definition) is 0. The summed E-state index contributed by atoms with van der Waals surface area (Å²) in [6.07, 6.45) is 14.2. The van der Waals surface area contributed by atoms with Crippen molar-refractivity contribution in [2.24, 2.45) is 0 Å². The van der Waals surface area contributed by atoms with Crippen LogP contribution in [0.15, 0.2) is 158 Å². The van der Waals surface area contributed by atoms with Crippen LogP contribution >= 0.6 is 0 Å². The lowest BCUT2D eigenvalue weighted by Gasteiger charge is -2.41. The minimum atomic E-state index is 0.0820. The van der Waals surface area contributed by atoms with Crippen LogP contribution in [0.4, 0.5) is 11.4 Å². The molecule has 0 saturated carbocycles. The second kappa shape index (κ2) is 10.2. The van der Waals surface area contributed by atoms with Gasteiger partial charge >= 0.3 is 0 Å². The third kappa shape index (κ3) is 3.51. The molecule has 1 aromatic heterocycles. The standard InChI is InChI=1S/C50H33BN2/c1-3-15-31(16-4-1)43-38-28-33-19-9-12-23-37(33)46-49(38)53(48(43)32-17-5-2-6-18-32)42-25-13-24-41-47(42)51(46)39-29-34-20-8-11-22-36(34)45-44-35-21-10-7-14-30(35)26-27-40(44)52(41)50(39)45/h1,3-5,7-29,40,44H,2,6H2. The minimum absolute atomic E-state index is 0.0820. The Balaban J connectivity index is 1.24. The number of nitrogens with zero attached hydrogens (tertiary/aromatic N) is 2.